The van der Waals surface area contributed by atoms with E-state index in [0.717, 1.165) is 38.5 Å². The van der Waals surface area contributed by atoms with Crippen molar-refractivity contribution >= 4 is 33.6 Å². The van der Waals surface area contributed by atoms with Gasteiger partial charge < -0.3 is 14.7 Å². The van der Waals surface area contributed by atoms with Crippen molar-refractivity contribution in [3.63, 3.8) is 0 Å². The van der Waals surface area contributed by atoms with Gasteiger partial charge in [-0.1, -0.05) is 18.2 Å². The van der Waals surface area contributed by atoms with E-state index in [2.05, 4.69) is 10.3 Å². The van der Waals surface area contributed by atoms with Crippen molar-refractivity contribution in [3.8, 4) is 5.75 Å². The maximum atomic E-state index is 12.8. The van der Waals surface area contributed by atoms with Gasteiger partial charge in [0.2, 0.25) is 11.8 Å². The molecule has 0 saturated carbocycles. The molecular formula is C22H19N3O3. The van der Waals surface area contributed by atoms with Crippen molar-refractivity contribution in [3.05, 3.63) is 65.5 Å². The molecule has 1 aliphatic heterocycles. The van der Waals surface area contributed by atoms with E-state index < -0.39 is 11.8 Å². The maximum absolute atomic E-state index is 12.8. The second-order valence-corrected chi connectivity index (χ2v) is 7.45. The number of nitrogens with zero attached hydrogens (tertiary/aromatic N) is 1. The fourth-order valence-corrected chi connectivity index (χ4v) is 4.57. The lowest BCUT2D eigenvalue weighted by atomic mass is 9.83. The van der Waals surface area contributed by atoms with Gasteiger partial charge in [-0.15, -0.1) is 0 Å². The second kappa shape index (κ2) is 5.73. The van der Waals surface area contributed by atoms with Gasteiger partial charge in [-0.2, -0.15) is 0 Å². The highest BCUT2D eigenvalue weighted by Crippen LogP contribution is 2.43. The fraction of sp³-hybridized carbons (Fsp3) is 0.182. The van der Waals surface area contributed by atoms with E-state index in [1.54, 1.807) is 24.4 Å². The Bertz CT molecular complexity index is 1280. The van der Waals surface area contributed by atoms with E-state index in [1.807, 2.05) is 42.9 Å². The number of hydrogen-bond donors (Lipinski definition) is 3. The number of para-hydroxylation sites is 1. The molecule has 3 N–H and O–H groups in total. The number of carbonyl (C=O) groups is 2. The zero-order chi connectivity index (χ0) is 19.6. The lowest BCUT2D eigenvalue weighted by Gasteiger charge is -2.15. The molecule has 0 spiro atoms. The summed E-state index contributed by atoms with van der Waals surface area (Å²) in [6.07, 6.45) is 3.71. The van der Waals surface area contributed by atoms with Crippen molar-refractivity contribution in [1.29, 1.82) is 0 Å². The highest BCUT2D eigenvalue weighted by Gasteiger charge is 2.45. The molecule has 0 bridgehead atoms. The molecule has 2 aromatic heterocycles. The molecule has 4 aromatic rings. The van der Waals surface area contributed by atoms with Crippen LogP contribution in [0.4, 0.5) is 0 Å². The van der Waals surface area contributed by atoms with Crippen LogP contribution in [0, 0.1) is 6.92 Å². The van der Waals surface area contributed by atoms with Gasteiger partial charge in [0.05, 0.1) is 17.4 Å². The minimum absolute atomic E-state index is 0.147. The number of aromatic amines is 1. The molecule has 0 unspecified atom stereocenters. The van der Waals surface area contributed by atoms with Crippen LogP contribution in [-0.4, -0.2) is 26.5 Å². The zero-order valence-corrected chi connectivity index (χ0v) is 15.5. The molecule has 140 valence electrons. The van der Waals surface area contributed by atoms with Crippen molar-refractivity contribution in [2.45, 2.75) is 18.8 Å². The number of nitrogens with one attached hydrogen (secondary N) is 2. The number of carbonyl (C=O) groups excluding carboxylic acids is 2. The van der Waals surface area contributed by atoms with E-state index in [-0.39, 0.29) is 17.6 Å². The Hall–Kier alpha value is -3.54. The highest BCUT2D eigenvalue weighted by atomic mass is 16.3. The number of aryl methyl sites for hydroxylation is 2. The average Bonchev–Trinajstić information content (AvgIpc) is 3.28. The number of rotatable bonds is 2. The molecular weight excluding hydrogens is 354 g/mol. The SMILES string of the molecule is Cc1cccc2c([C@@H]3C(=O)NC(=O)[C@H]3c3c[nH]c4cc(O)ccc34)cn(C)c12. The Morgan fingerprint density at radius 1 is 1.00 bits per heavy atom. The first-order valence-electron chi connectivity index (χ1n) is 9.15. The molecule has 6 heteroatoms. The van der Waals surface area contributed by atoms with Gasteiger partial charge in [0.15, 0.2) is 0 Å². The number of aromatic nitrogens is 2. The molecule has 1 fully saturated rings. The number of imide groups is 1. The average molecular weight is 373 g/mol. The summed E-state index contributed by atoms with van der Waals surface area (Å²) in [6.45, 7) is 2.04. The molecule has 2 amide bonds. The summed E-state index contributed by atoms with van der Waals surface area (Å²) < 4.78 is 2.01. The molecule has 28 heavy (non-hydrogen) atoms. The number of phenols is 1. The Kier molecular flexibility index (Phi) is 3.40. The van der Waals surface area contributed by atoms with Crippen LogP contribution in [0.2, 0.25) is 0 Å². The summed E-state index contributed by atoms with van der Waals surface area (Å²) in [4.78, 5) is 28.7. The van der Waals surface area contributed by atoms with E-state index in [9.17, 15) is 14.7 Å². The van der Waals surface area contributed by atoms with Gasteiger partial charge in [0.1, 0.15) is 5.75 Å². The number of fused-ring (bicyclic) bond motifs is 2. The van der Waals surface area contributed by atoms with Crippen LogP contribution in [0.5, 0.6) is 5.75 Å². The van der Waals surface area contributed by atoms with Gasteiger partial charge in [-0.05, 0) is 35.7 Å². The van der Waals surface area contributed by atoms with Crippen molar-refractivity contribution in [2.24, 2.45) is 7.05 Å². The summed E-state index contributed by atoms with van der Waals surface area (Å²) in [7, 11) is 1.96. The highest BCUT2D eigenvalue weighted by molar-refractivity contribution is 6.13. The van der Waals surface area contributed by atoms with Crippen LogP contribution in [-0.2, 0) is 16.6 Å². The number of hydrogen-bond acceptors (Lipinski definition) is 3. The lowest BCUT2D eigenvalue weighted by Crippen LogP contribution is -2.21. The molecule has 0 aliphatic carbocycles. The Morgan fingerprint density at radius 3 is 2.54 bits per heavy atom. The van der Waals surface area contributed by atoms with Gasteiger partial charge in [0.25, 0.3) is 0 Å². The van der Waals surface area contributed by atoms with Crippen LogP contribution in [0.1, 0.15) is 28.5 Å². The quantitative estimate of drug-likeness (QED) is 0.472. The standard InChI is InChI=1S/C22H19N3O3/c1-11-4-3-5-14-16(10-25(2)20(11)14)19-18(21(27)24-22(19)28)15-9-23-17-8-12(26)6-7-13(15)17/h3-10,18-19,23,26H,1-2H3,(H,24,27,28)/t18-,19-/m0/s1. The summed E-state index contributed by atoms with van der Waals surface area (Å²) in [5.74, 6) is -1.66. The largest absolute Gasteiger partial charge is 0.508 e. The summed E-state index contributed by atoms with van der Waals surface area (Å²) >= 11 is 0. The lowest BCUT2D eigenvalue weighted by molar-refractivity contribution is -0.125. The molecule has 6 nitrogen and oxygen atoms in total. The van der Waals surface area contributed by atoms with Gasteiger partial charge in [-0.25, -0.2) is 0 Å². The molecule has 3 heterocycles. The molecule has 2 aromatic carbocycles. The third-order valence-electron chi connectivity index (χ3n) is 5.75. The molecule has 2 atom stereocenters. The van der Waals surface area contributed by atoms with E-state index in [0.29, 0.717) is 0 Å². The van der Waals surface area contributed by atoms with Crippen LogP contribution < -0.4 is 5.32 Å². The Morgan fingerprint density at radius 2 is 1.75 bits per heavy atom. The van der Waals surface area contributed by atoms with E-state index >= 15 is 0 Å². The zero-order valence-electron chi connectivity index (χ0n) is 15.5. The number of benzene rings is 2. The predicted octanol–water partition coefficient (Wildman–Crippen LogP) is 3.20. The summed E-state index contributed by atoms with van der Waals surface area (Å²) in [5.41, 5.74) is 4.52. The summed E-state index contributed by atoms with van der Waals surface area (Å²) in [6, 6.07) is 11.0. The first-order valence-corrected chi connectivity index (χ1v) is 9.15. The monoisotopic (exact) mass is 373 g/mol. The minimum Gasteiger partial charge on any atom is -0.508 e. The Balaban J connectivity index is 1.73. The molecule has 5 rings (SSSR count). The van der Waals surface area contributed by atoms with Crippen LogP contribution >= 0.6 is 0 Å². The van der Waals surface area contributed by atoms with E-state index in [4.69, 9.17) is 0 Å². The van der Waals surface area contributed by atoms with Crippen LogP contribution in [0.3, 0.4) is 0 Å². The number of aromatic hydroxyl groups is 1. The van der Waals surface area contributed by atoms with Gasteiger partial charge >= 0.3 is 0 Å². The molecule has 0 radical (unpaired) electrons. The van der Waals surface area contributed by atoms with Crippen LogP contribution in [0.15, 0.2) is 48.8 Å². The topological polar surface area (TPSA) is 87.1 Å². The third-order valence-corrected chi connectivity index (χ3v) is 5.75. The third kappa shape index (κ3) is 2.21. The first-order chi connectivity index (χ1) is 13.5. The number of H-pyrrole nitrogens is 1. The normalized spacial score (nSPS) is 19.6. The van der Waals surface area contributed by atoms with E-state index in [1.165, 1.54) is 0 Å². The van der Waals surface area contributed by atoms with Crippen molar-refractivity contribution in [2.75, 3.05) is 0 Å². The molecule has 1 aliphatic rings. The first kappa shape index (κ1) is 16.6. The van der Waals surface area contributed by atoms with Crippen molar-refractivity contribution in [1.82, 2.24) is 14.9 Å². The number of amides is 2. The predicted molar refractivity (Wildman–Crippen MR) is 106 cm³/mol. The van der Waals surface area contributed by atoms with Gasteiger partial charge in [0, 0.05) is 41.8 Å². The van der Waals surface area contributed by atoms with Crippen molar-refractivity contribution < 1.29 is 14.7 Å². The fourth-order valence-electron chi connectivity index (χ4n) is 4.57. The summed E-state index contributed by atoms with van der Waals surface area (Å²) in [5, 5.41) is 14.1. The van der Waals surface area contributed by atoms with Crippen LogP contribution in [0.25, 0.3) is 21.8 Å². The minimum atomic E-state index is -0.628. The van der Waals surface area contributed by atoms with Gasteiger partial charge in [-0.3, -0.25) is 14.9 Å². The molecule has 1 saturated heterocycles. The Labute approximate surface area is 160 Å². The number of phenolic OH excluding ortho intramolecular Hbond substituents is 1. The smallest absolute Gasteiger partial charge is 0.235 e. The second-order valence-electron chi connectivity index (χ2n) is 7.45. The maximum Gasteiger partial charge on any atom is 0.235 e.